The van der Waals surface area contributed by atoms with Gasteiger partial charge in [0.25, 0.3) is 0 Å². The van der Waals surface area contributed by atoms with E-state index in [9.17, 15) is 9.18 Å². The molecule has 0 bridgehead atoms. The number of rotatable bonds is 3. The summed E-state index contributed by atoms with van der Waals surface area (Å²) < 4.78 is 18.4. The van der Waals surface area contributed by atoms with E-state index in [0.717, 1.165) is 6.42 Å². The summed E-state index contributed by atoms with van der Waals surface area (Å²) in [5.41, 5.74) is -0.209. The Morgan fingerprint density at radius 3 is 2.71 bits per heavy atom. The molecule has 1 fully saturated rings. The molecule has 1 aliphatic rings. The molecule has 1 aliphatic carbocycles. The first-order chi connectivity index (χ1) is 8.13. The van der Waals surface area contributed by atoms with Crippen molar-refractivity contribution in [3.8, 4) is 5.75 Å². The normalized spacial score (nSPS) is 16.9. The minimum Gasteiger partial charge on any atom is -0.495 e. The lowest BCUT2D eigenvalue weighted by molar-refractivity contribution is 0.254. The van der Waals surface area contributed by atoms with Gasteiger partial charge in [-0.3, -0.25) is 0 Å². The fourth-order valence-corrected chi connectivity index (χ4v) is 2.45. The van der Waals surface area contributed by atoms with E-state index in [2.05, 4.69) is 4.99 Å². The van der Waals surface area contributed by atoms with E-state index in [-0.39, 0.29) is 5.75 Å². The quantitative estimate of drug-likeness (QED) is 0.615. The lowest BCUT2D eigenvalue weighted by Crippen LogP contribution is -2.32. The first-order valence-corrected chi connectivity index (χ1v) is 5.63. The summed E-state index contributed by atoms with van der Waals surface area (Å²) in [5, 5.41) is 0.313. The largest absolute Gasteiger partial charge is 0.495 e. The molecule has 0 amide bonds. The summed E-state index contributed by atoms with van der Waals surface area (Å²) >= 11 is 6.13. The lowest BCUT2D eigenvalue weighted by Gasteiger charge is -2.37. The molecule has 1 aromatic rings. The molecule has 2 rings (SSSR count). The molecular formula is C12H11ClFNO2. The topological polar surface area (TPSA) is 38.7 Å². The van der Waals surface area contributed by atoms with Gasteiger partial charge in [0.05, 0.1) is 17.7 Å². The van der Waals surface area contributed by atoms with Crippen molar-refractivity contribution < 1.29 is 13.9 Å². The van der Waals surface area contributed by atoms with Crippen molar-refractivity contribution in [2.24, 2.45) is 4.99 Å². The molecule has 1 aromatic carbocycles. The minimum atomic E-state index is -0.714. The van der Waals surface area contributed by atoms with E-state index >= 15 is 0 Å². The van der Waals surface area contributed by atoms with Crippen LogP contribution in [0, 0.1) is 5.82 Å². The Labute approximate surface area is 103 Å². The molecule has 90 valence electrons. The third-order valence-corrected chi connectivity index (χ3v) is 3.56. The molecule has 0 unspecified atom stereocenters. The molecular weight excluding hydrogens is 245 g/mol. The van der Waals surface area contributed by atoms with Crippen molar-refractivity contribution in [1.29, 1.82) is 0 Å². The zero-order valence-corrected chi connectivity index (χ0v) is 10.1. The Kier molecular flexibility index (Phi) is 3.18. The minimum absolute atomic E-state index is 0.258. The predicted molar refractivity (Wildman–Crippen MR) is 61.6 cm³/mol. The summed E-state index contributed by atoms with van der Waals surface area (Å²) in [5.74, 6) is -0.192. The van der Waals surface area contributed by atoms with Crippen LogP contribution in [0.5, 0.6) is 5.75 Å². The second-order valence-electron chi connectivity index (χ2n) is 4.06. The SMILES string of the molecule is COc1cc(F)cc(C2(N=C=O)CCC2)c1Cl. The van der Waals surface area contributed by atoms with Crippen molar-refractivity contribution in [3.63, 3.8) is 0 Å². The number of methoxy groups -OCH3 is 1. The van der Waals surface area contributed by atoms with Gasteiger partial charge in [0.2, 0.25) is 6.08 Å². The fourth-order valence-electron chi connectivity index (χ4n) is 2.09. The zero-order chi connectivity index (χ0) is 12.5. The molecule has 0 N–H and O–H groups in total. The number of carbonyl (C=O) groups excluding carboxylic acids is 1. The van der Waals surface area contributed by atoms with Gasteiger partial charge in [-0.2, -0.15) is 4.99 Å². The van der Waals surface area contributed by atoms with Crippen molar-refractivity contribution in [2.75, 3.05) is 7.11 Å². The van der Waals surface area contributed by atoms with Gasteiger partial charge in [0, 0.05) is 11.6 Å². The highest BCUT2D eigenvalue weighted by atomic mass is 35.5. The second kappa shape index (κ2) is 4.47. The standard InChI is InChI=1S/C12H11ClFNO2/c1-17-10-6-8(14)5-9(11(10)13)12(15-7-16)3-2-4-12/h5-6H,2-4H2,1H3. The van der Waals surface area contributed by atoms with E-state index in [4.69, 9.17) is 16.3 Å². The van der Waals surface area contributed by atoms with Crippen LogP contribution < -0.4 is 4.74 Å². The molecule has 3 nitrogen and oxygen atoms in total. The first-order valence-electron chi connectivity index (χ1n) is 5.25. The van der Waals surface area contributed by atoms with Gasteiger partial charge in [-0.1, -0.05) is 11.6 Å². The average molecular weight is 256 g/mol. The van der Waals surface area contributed by atoms with Crippen LogP contribution in [-0.2, 0) is 10.3 Å². The Balaban J connectivity index is 2.58. The van der Waals surface area contributed by atoms with Crippen LogP contribution >= 0.6 is 11.6 Å². The van der Waals surface area contributed by atoms with Crippen molar-refractivity contribution in [3.05, 3.63) is 28.5 Å². The number of benzene rings is 1. The van der Waals surface area contributed by atoms with Gasteiger partial charge in [0.1, 0.15) is 11.6 Å². The molecule has 0 aliphatic heterocycles. The maximum absolute atomic E-state index is 13.4. The Hall–Kier alpha value is -1.38. The van der Waals surface area contributed by atoms with Gasteiger partial charge in [-0.15, -0.1) is 0 Å². The van der Waals surface area contributed by atoms with Crippen LogP contribution in [0.15, 0.2) is 17.1 Å². The summed E-state index contributed by atoms with van der Waals surface area (Å²) in [6.45, 7) is 0. The maximum Gasteiger partial charge on any atom is 0.235 e. The third-order valence-electron chi connectivity index (χ3n) is 3.17. The highest BCUT2D eigenvalue weighted by molar-refractivity contribution is 6.33. The van der Waals surface area contributed by atoms with Crippen LogP contribution in [-0.4, -0.2) is 13.2 Å². The smallest absolute Gasteiger partial charge is 0.235 e. The molecule has 0 saturated heterocycles. The van der Waals surface area contributed by atoms with Crippen LogP contribution in [0.2, 0.25) is 5.02 Å². The van der Waals surface area contributed by atoms with Crippen molar-refractivity contribution in [2.45, 2.75) is 24.8 Å². The monoisotopic (exact) mass is 255 g/mol. The van der Waals surface area contributed by atoms with E-state index in [1.165, 1.54) is 19.2 Å². The molecule has 0 spiro atoms. The first kappa shape index (κ1) is 12.1. The van der Waals surface area contributed by atoms with Gasteiger partial charge < -0.3 is 4.74 Å². The van der Waals surface area contributed by atoms with Crippen LogP contribution in [0.1, 0.15) is 24.8 Å². The Morgan fingerprint density at radius 2 is 2.24 bits per heavy atom. The Morgan fingerprint density at radius 1 is 1.53 bits per heavy atom. The number of halogens is 2. The molecule has 0 heterocycles. The molecule has 5 heteroatoms. The molecule has 0 aromatic heterocycles. The Bertz CT molecular complexity index is 494. The average Bonchev–Trinajstić information content (AvgIpc) is 2.26. The van der Waals surface area contributed by atoms with Gasteiger partial charge in [0.15, 0.2) is 0 Å². The highest BCUT2D eigenvalue weighted by Gasteiger charge is 2.41. The molecule has 0 atom stereocenters. The predicted octanol–water partition coefficient (Wildman–Crippen LogP) is 3.20. The van der Waals surface area contributed by atoms with Gasteiger partial charge in [-0.25, -0.2) is 9.18 Å². The second-order valence-corrected chi connectivity index (χ2v) is 4.44. The van der Waals surface area contributed by atoms with E-state index in [1.54, 1.807) is 6.08 Å². The molecule has 1 saturated carbocycles. The maximum atomic E-state index is 13.4. The molecule has 17 heavy (non-hydrogen) atoms. The van der Waals surface area contributed by atoms with E-state index in [0.29, 0.717) is 23.4 Å². The lowest BCUT2D eigenvalue weighted by atomic mass is 9.72. The number of isocyanates is 1. The highest BCUT2D eigenvalue weighted by Crippen LogP contribution is 2.49. The number of hydrogen-bond acceptors (Lipinski definition) is 3. The number of ether oxygens (including phenoxy) is 1. The zero-order valence-electron chi connectivity index (χ0n) is 9.30. The van der Waals surface area contributed by atoms with Crippen molar-refractivity contribution >= 4 is 17.7 Å². The van der Waals surface area contributed by atoms with Crippen LogP contribution in [0.3, 0.4) is 0 Å². The van der Waals surface area contributed by atoms with Crippen LogP contribution in [0.25, 0.3) is 0 Å². The fraction of sp³-hybridized carbons (Fsp3) is 0.417. The van der Waals surface area contributed by atoms with Crippen LogP contribution in [0.4, 0.5) is 4.39 Å². The van der Waals surface area contributed by atoms with Gasteiger partial charge >= 0.3 is 0 Å². The van der Waals surface area contributed by atoms with E-state index < -0.39 is 11.4 Å². The molecule has 0 radical (unpaired) electrons. The van der Waals surface area contributed by atoms with E-state index in [1.807, 2.05) is 0 Å². The summed E-state index contributed by atoms with van der Waals surface area (Å²) in [6.07, 6.45) is 3.83. The third kappa shape index (κ3) is 1.94. The number of hydrogen-bond donors (Lipinski definition) is 0. The summed E-state index contributed by atoms with van der Waals surface area (Å²) in [4.78, 5) is 14.3. The van der Waals surface area contributed by atoms with Crippen molar-refractivity contribution in [1.82, 2.24) is 0 Å². The number of nitrogens with zero attached hydrogens (tertiary/aromatic N) is 1. The summed E-state index contributed by atoms with van der Waals surface area (Å²) in [7, 11) is 1.42. The van der Waals surface area contributed by atoms with Gasteiger partial charge in [-0.05, 0) is 25.3 Å². The summed E-state index contributed by atoms with van der Waals surface area (Å²) in [6, 6.07) is 2.52. The number of aliphatic imine (C=N–C) groups is 1.